The van der Waals surface area contributed by atoms with Gasteiger partial charge in [0.15, 0.2) is 0 Å². The molecule has 0 aliphatic carbocycles. The van der Waals surface area contributed by atoms with Crippen molar-refractivity contribution in [3.8, 4) is 0 Å². The van der Waals surface area contributed by atoms with Gasteiger partial charge < -0.3 is 17.1 Å². The molecule has 0 radical (unpaired) electrons. The molecule has 0 heterocycles. The number of rotatable bonds is 7. The van der Waals surface area contributed by atoms with Crippen LogP contribution in [0.25, 0.3) is 0 Å². The zero-order valence-electron chi connectivity index (χ0n) is 13.7. The summed E-state index contributed by atoms with van der Waals surface area (Å²) in [6.07, 6.45) is 5.95. The molecule has 20 heavy (non-hydrogen) atoms. The van der Waals surface area contributed by atoms with Crippen LogP contribution in [0.2, 0.25) is 0 Å². The van der Waals surface area contributed by atoms with E-state index in [0.29, 0.717) is 11.3 Å². The Morgan fingerprint density at radius 2 is 1.50 bits per heavy atom. The van der Waals surface area contributed by atoms with E-state index in [-0.39, 0.29) is 29.6 Å². The van der Waals surface area contributed by atoms with Crippen LogP contribution in [0.5, 0.6) is 0 Å². The van der Waals surface area contributed by atoms with Crippen LogP contribution in [0.4, 0.5) is 0 Å². The first-order valence-corrected chi connectivity index (χ1v) is 6.87. The second-order valence-corrected chi connectivity index (χ2v) is 5.88. The Kier molecular flexibility index (Phi) is 17.3. The molecule has 5 heteroatoms. The van der Waals surface area contributed by atoms with Crippen LogP contribution in [-0.2, 0) is 9.59 Å². The quantitative estimate of drug-likeness (QED) is 0.318. The largest absolute Gasteiger partial charge is 1.00 e. The van der Waals surface area contributed by atoms with Gasteiger partial charge in [0, 0.05) is 0 Å². The molecule has 0 aromatic carbocycles. The molecule has 0 aromatic rings. The number of hydrogen-bond acceptors (Lipinski definition) is 2. The second kappa shape index (κ2) is 13.9. The monoisotopic (exact) mass is 296 g/mol. The molecule has 0 amide bonds. The fourth-order valence-corrected chi connectivity index (χ4v) is 1.38. The molecule has 114 valence electrons. The number of aliphatic carboxylic acids is 2. The zero-order chi connectivity index (χ0) is 15.5. The van der Waals surface area contributed by atoms with Crippen molar-refractivity contribution < 1.29 is 49.4 Å². The molecular formula is C15H29NaO4. The molecule has 0 aromatic heterocycles. The SMILES string of the molecule is O=C(O)CC(=O)O.[CH2-]C(CCCCCC)C(C)(C)C.[Na+]. The van der Waals surface area contributed by atoms with Crippen LogP contribution in [0, 0.1) is 18.3 Å². The van der Waals surface area contributed by atoms with Crippen molar-refractivity contribution in [2.24, 2.45) is 11.3 Å². The smallest absolute Gasteiger partial charge is 0.481 e. The molecule has 0 rings (SSSR count). The fraction of sp³-hybridized carbons (Fsp3) is 0.800. The number of carbonyl (C=O) groups is 2. The predicted molar refractivity (Wildman–Crippen MR) is 76.9 cm³/mol. The van der Waals surface area contributed by atoms with Gasteiger partial charge >= 0.3 is 41.5 Å². The van der Waals surface area contributed by atoms with Gasteiger partial charge in [-0.3, -0.25) is 9.59 Å². The third kappa shape index (κ3) is 20.3. The van der Waals surface area contributed by atoms with Crippen LogP contribution in [0.3, 0.4) is 0 Å². The van der Waals surface area contributed by atoms with Gasteiger partial charge in [0.05, 0.1) is 0 Å². The van der Waals surface area contributed by atoms with Crippen LogP contribution in [0.15, 0.2) is 0 Å². The minimum atomic E-state index is -1.31. The molecule has 1 unspecified atom stereocenters. The van der Waals surface area contributed by atoms with Crippen LogP contribution >= 0.6 is 0 Å². The Balaban J connectivity index is -0.000000312. The Labute approximate surface area is 145 Å². The Morgan fingerprint density at radius 1 is 1.05 bits per heavy atom. The van der Waals surface area contributed by atoms with Gasteiger partial charge in [0.25, 0.3) is 0 Å². The topological polar surface area (TPSA) is 74.6 Å². The van der Waals surface area contributed by atoms with E-state index < -0.39 is 18.4 Å². The predicted octanol–water partition coefficient (Wildman–Crippen LogP) is 1.00. The minimum absolute atomic E-state index is 0. The summed E-state index contributed by atoms with van der Waals surface area (Å²) in [5, 5.41) is 15.4. The summed E-state index contributed by atoms with van der Waals surface area (Å²) < 4.78 is 0. The summed E-state index contributed by atoms with van der Waals surface area (Å²) in [7, 11) is 0. The number of carboxylic acids is 2. The molecule has 4 nitrogen and oxygen atoms in total. The fourth-order valence-electron chi connectivity index (χ4n) is 1.38. The summed E-state index contributed by atoms with van der Waals surface area (Å²) in [4.78, 5) is 18.9. The van der Waals surface area contributed by atoms with Gasteiger partial charge in [-0.1, -0.05) is 65.2 Å². The van der Waals surface area contributed by atoms with E-state index in [0.717, 1.165) is 0 Å². The maximum Gasteiger partial charge on any atom is 1.00 e. The number of carboxylic acid groups (broad SMARTS) is 2. The van der Waals surface area contributed by atoms with E-state index >= 15 is 0 Å². The summed E-state index contributed by atoms with van der Waals surface area (Å²) in [6.45, 7) is 13.3. The van der Waals surface area contributed by atoms with Crippen LogP contribution < -0.4 is 29.6 Å². The molecule has 0 saturated carbocycles. The van der Waals surface area contributed by atoms with E-state index in [1.165, 1.54) is 32.1 Å². The van der Waals surface area contributed by atoms with Gasteiger partial charge in [0.1, 0.15) is 6.42 Å². The van der Waals surface area contributed by atoms with Crippen molar-refractivity contribution in [1.82, 2.24) is 0 Å². The summed E-state index contributed by atoms with van der Waals surface area (Å²) in [6, 6.07) is 0. The van der Waals surface area contributed by atoms with Gasteiger partial charge in [0.2, 0.25) is 0 Å². The van der Waals surface area contributed by atoms with E-state index in [1.54, 1.807) is 0 Å². The maximum absolute atomic E-state index is 9.43. The van der Waals surface area contributed by atoms with Gasteiger partial charge in [-0.15, -0.1) is 0 Å². The molecule has 0 fully saturated rings. The van der Waals surface area contributed by atoms with E-state index in [2.05, 4.69) is 34.6 Å². The van der Waals surface area contributed by atoms with Gasteiger partial charge in [-0.25, -0.2) is 0 Å². The average molecular weight is 296 g/mol. The molecule has 0 bridgehead atoms. The number of hydrogen-bond donors (Lipinski definition) is 2. The Morgan fingerprint density at radius 3 is 1.75 bits per heavy atom. The summed E-state index contributed by atoms with van der Waals surface area (Å²) in [5.41, 5.74) is 0.395. The molecule has 2 N–H and O–H groups in total. The van der Waals surface area contributed by atoms with Crippen molar-refractivity contribution in [3.05, 3.63) is 6.92 Å². The molecular weight excluding hydrogens is 267 g/mol. The second-order valence-electron chi connectivity index (χ2n) is 5.88. The Bertz CT molecular complexity index is 247. The molecule has 0 spiro atoms. The average Bonchev–Trinajstić information content (AvgIpc) is 2.21. The van der Waals surface area contributed by atoms with Crippen molar-refractivity contribution in [2.45, 2.75) is 66.2 Å². The standard InChI is InChI=1S/C12H25.C3H4O4.Na/c1-6-7-8-9-10-11(2)12(3,4)5;4-2(5)1-3(6)7;/h11H,2,6-10H2,1,3-5H3;1H2,(H,4,5)(H,6,7);/q-1;;+1. The first-order chi connectivity index (χ1) is 8.61. The number of unbranched alkanes of at least 4 members (excludes halogenated alkanes) is 3. The summed E-state index contributed by atoms with van der Waals surface area (Å²) in [5.74, 6) is -2.01. The third-order valence-corrected chi connectivity index (χ3v) is 2.93. The first-order valence-electron chi connectivity index (χ1n) is 6.87. The van der Waals surface area contributed by atoms with Gasteiger partial charge in [-0.05, 0) is 0 Å². The summed E-state index contributed by atoms with van der Waals surface area (Å²) >= 11 is 0. The van der Waals surface area contributed by atoms with E-state index in [9.17, 15) is 9.59 Å². The molecule has 1 atom stereocenters. The minimum Gasteiger partial charge on any atom is -0.481 e. The van der Waals surface area contributed by atoms with Crippen LogP contribution in [-0.4, -0.2) is 22.2 Å². The molecule has 0 saturated heterocycles. The Hall–Kier alpha value is -0.0600. The first kappa shape index (κ1) is 24.9. The van der Waals surface area contributed by atoms with Crippen molar-refractivity contribution in [2.75, 3.05) is 0 Å². The third-order valence-electron chi connectivity index (χ3n) is 2.93. The van der Waals surface area contributed by atoms with Crippen LogP contribution in [0.1, 0.15) is 66.2 Å². The van der Waals surface area contributed by atoms with Crippen molar-refractivity contribution in [1.29, 1.82) is 0 Å². The van der Waals surface area contributed by atoms with E-state index in [4.69, 9.17) is 10.2 Å². The molecule has 0 aliphatic heterocycles. The maximum atomic E-state index is 9.43. The normalized spacial score (nSPS) is 11.7. The van der Waals surface area contributed by atoms with Crippen molar-refractivity contribution in [3.63, 3.8) is 0 Å². The molecule has 0 aliphatic rings. The van der Waals surface area contributed by atoms with E-state index in [1.807, 2.05) is 0 Å². The van der Waals surface area contributed by atoms with Gasteiger partial charge in [-0.2, -0.15) is 5.92 Å². The zero-order valence-corrected chi connectivity index (χ0v) is 15.7. The van der Waals surface area contributed by atoms with Crippen molar-refractivity contribution >= 4 is 11.9 Å².